The first kappa shape index (κ1) is 21.1. The average molecular weight is 419 g/mol. The van der Waals surface area contributed by atoms with Crippen LogP contribution in [-0.4, -0.2) is 45.6 Å². The molecule has 3 rings (SSSR count). The van der Waals surface area contributed by atoms with Crippen LogP contribution in [0.4, 0.5) is 0 Å². The summed E-state index contributed by atoms with van der Waals surface area (Å²) in [6.07, 6.45) is 1.90. The lowest BCUT2D eigenvalue weighted by Gasteiger charge is -2.25. The van der Waals surface area contributed by atoms with Crippen LogP contribution in [0.25, 0.3) is 0 Å². The van der Waals surface area contributed by atoms with Gasteiger partial charge in [0.05, 0.1) is 13.2 Å². The molecule has 1 heterocycles. The molecule has 1 aliphatic rings. The number of para-hydroxylation sites is 1. The summed E-state index contributed by atoms with van der Waals surface area (Å²) in [4.78, 5) is 13.8. The van der Waals surface area contributed by atoms with Gasteiger partial charge in [-0.05, 0) is 43.2 Å². The largest absolute Gasteiger partial charge is 0.497 e. The van der Waals surface area contributed by atoms with Gasteiger partial charge in [0.15, 0.2) is 0 Å². The summed E-state index contributed by atoms with van der Waals surface area (Å²) in [5, 5.41) is 0. The van der Waals surface area contributed by atoms with E-state index < -0.39 is 10.1 Å². The molecule has 156 valence electrons. The number of rotatable bonds is 8. The van der Waals surface area contributed by atoms with Crippen LogP contribution in [0.3, 0.4) is 0 Å². The molecule has 29 heavy (non-hydrogen) atoms. The maximum Gasteiger partial charge on any atom is 0.339 e. The molecule has 1 fully saturated rings. The standard InChI is InChI=1S/C21H25NO6S/c1-16(23)22(15-19-7-5-13-27-19)14-17-6-3-4-8-21(17)28-29(24,25)20-11-9-18(26-2)10-12-20/h3-4,6,8-12,19H,5,7,13-15H2,1-2H3/t19-/m0/s1. The average Bonchev–Trinajstić information content (AvgIpc) is 3.22. The van der Waals surface area contributed by atoms with Gasteiger partial charge in [0.25, 0.3) is 0 Å². The Morgan fingerprint density at radius 1 is 1.17 bits per heavy atom. The van der Waals surface area contributed by atoms with E-state index in [1.165, 1.54) is 26.2 Å². The van der Waals surface area contributed by atoms with Crippen LogP contribution >= 0.6 is 0 Å². The fourth-order valence-electron chi connectivity index (χ4n) is 3.17. The van der Waals surface area contributed by atoms with Crippen LogP contribution in [0.5, 0.6) is 11.5 Å². The molecule has 0 aliphatic carbocycles. The Morgan fingerprint density at radius 3 is 2.52 bits per heavy atom. The van der Waals surface area contributed by atoms with Crippen molar-refractivity contribution in [2.75, 3.05) is 20.3 Å². The van der Waals surface area contributed by atoms with Gasteiger partial charge in [-0.25, -0.2) is 0 Å². The molecule has 1 amide bonds. The molecule has 0 radical (unpaired) electrons. The van der Waals surface area contributed by atoms with E-state index in [4.69, 9.17) is 13.7 Å². The number of nitrogens with zero attached hydrogens (tertiary/aromatic N) is 1. The number of carbonyl (C=O) groups is 1. The summed E-state index contributed by atoms with van der Waals surface area (Å²) in [5.41, 5.74) is 0.609. The van der Waals surface area contributed by atoms with Gasteiger partial charge in [0.2, 0.25) is 5.91 Å². The SMILES string of the molecule is COc1ccc(S(=O)(=O)Oc2ccccc2CN(C[C@@H]2CCCO2)C(C)=O)cc1. The van der Waals surface area contributed by atoms with Crippen molar-refractivity contribution in [3.8, 4) is 11.5 Å². The fourth-order valence-corrected chi connectivity index (χ4v) is 4.13. The van der Waals surface area contributed by atoms with Crippen molar-refractivity contribution in [1.29, 1.82) is 0 Å². The third-order valence-electron chi connectivity index (χ3n) is 4.77. The van der Waals surface area contributed by atoms with Gasteiger partial charge < -0.3 is 18.6 Å². The molecule has 8 heteroatoms. The number of carbonyl (C=O) groups excluding carboxylic acids is 1. The Bertz CT molecular complexity index is 936. The third kappa shape index (κ3) is 5.48. The highest BCUT2D eigenvalue weighted by atomic mass is 32.2. The van der Waals surface area contributed by atoms with Crippen molar-refractivity contribution < 1.29 is 26.9 Å². The molecule has 0 N–H and O–H groups in total. The van der Waals surface area contributed by atoms with Gasteiger partial charge in [0.1, 0.15) is 16.4 Å². The van der Waals surface area contributed by atoms with Gasteiger partial charge in [-0.15, -0.1) is 0 Å². The second kappa shape index (κ2) is 9.28. The van der Waals surface area contributed by atoms with Crippen LogP contribution in [-0.2, 0) is 26.2 Å². The first-order valence-electron chi connectivity index (χ1n) is 9.42. The molecule has 0 aromatic heterocycles. The van der Waals surface area contributed by atoms with E-state index in [0.717, 1.165) is 12.8 Å². The number of amides is 1. The maximum absolute atomic E-state index is 12.7. The molecule has 2 aromatic carbocycles. The number of methoxy groups -OCH3 is 1. The topological polar surface area (TPSA) is 82.1 Å². The van der Waals surface area contributed by atoms with Gasteiger partial charge in [-0.1, -0.05) is 18.2 Å². The van der Waals surface area contributed by atoms with Crippen molar-refractivity contribution in [3.63, 3.8) is 0 Å². The zero-order valence-corrected chi connectivity index (χ0v) is 17.4. The first-order chi connectivity index (χ1) is 13.9. The fraction of sp³-hybridized carbons (Fsp3) is 0.381. The molecule has 7 nitrogen and oxygen atoms in total. The van der Waals surface area contributed by atoms with E-state index in [-0.39, 0.29) is 29.2 Å². The molecule has 0 bridgehead atoms. The van der Waals surface area contributed by atoms with Crippen molar-refractivity contribution in [3.05, 3.63) is 54.1 Å². The van der Waals surface area contributed by atoms with E-state index in [1.54, 1.807) is 41.3 Å². The van der Waals surface area contributed by atoms with Gasteiger partial charge in [-0.2, -0.15) is 8.42 Å². The van der Waals surface area contributed by atoms with Crippen molar-refractivity contribution >= 4 is 16.0 Å². The Hall–Kier alpha value is -2.58. The second-order valence-corrected chi connectivity index (χ2v) is 8.40. The van der Waals surface area contributed by atoms with E-state index in [0.29, 0.717) is 24.5 Å². The molecule has 1 atom stereocenters. The minimum atomic E-state index is -4.02. The summed E-state index contributed by atoms with van der Waals surface area (Å²) in [6.45, 7) is 2.90. The van der Waals surface area contributed by atoms with Crippen LogP contribution < -0.4 is 8.92 Å². The Balaban J connectivity index is 1.79. The lowest BCUT2D eigenvalue weighted by atomic mass is 10.1. The Labute approximate surface area is 171 Å². The molecule has 0 spiro atoms. The van der Waals surface area contributed by atoms with E-state index in [1.807, 2.05) is 0 Å². The zero-order valence-electron chi connectivity index (χ0n) is 16.5. The highest BCUT2D eigenvalue weighted by Gasteiger charge is 2.23. The predicted molar refractivity (Wildman–Crippen MR) is 107 cm³/mol. The number of hydrogen-bond donors (Lipinski definition) is 0. The minimum absolute atomic E-state index is 0.00927. The van der Waals surface area contributed by atoms with Crippen molar-refractivity contribution in [1.82, 2.24) is 4.90 Å². The van der Waals surface area contributed by atoms with Gasteiger partial charge in [0, 0.05) is 32.2 Å². The van der Waals surface area contributed by atoms with Crippen LogP contribution in [0.15, 0.2) is 53.4 Å². The van der Waals surface area contributed by atoms with Crippen LogP contribution in [0, 0.1) is 0 Å². The quantitative estimate of drug-likeness (QED) is 0.612. The molecular weight excluding hydrogens is 394 g/mol. The second-order valence-electron chi connectivity index (χ2n) is 6.86. The van der Waals surface area contributed by atoms with Crippen molar-refractivity contribution in [2.45, 2.75) is 37.3 Å². The molecule has 1 saturated heterocycles. The summed E-state index contributed by atoms with van der Waals surface area (Å²) >= 11 is 0. The highest BCUT2D eigenvalue weighted by molar-refractivity contribution is 7.87. The molecule has 2 aromatic rings. The Morgan fingerprint density at radius 2 is 1.90 bits per heavy atom. The Kier molecular flexibility index (Phi) is 6.76. The van der Waals surface area contributed by atoms with Gasteiger partial charge in [-0.3, -0.25) is 4.79 Å². The number of hydrogen-bond acceptors (Lipinski definition) is 6. The monoisotopic (exact) mass is 419 g/mol. The highest BCUT2D eigenvalue weighted by Crippen LogP contribution is 2.26. The predicted octanol–water partition coefficient (Wildman–Crippen LogP) is 2.99. The first-order valence-corrected chi connectivity index (χ1v) is 10.8. The summed E-state index contributed by atoms with van der Waals surface area (Å²) in [5.74, 6) is 0.644. The summed E-state index contributed by atoms with van der Waals surface area (Å²) in [6, 6.07) is 12.8. The lowest BCUT2D eigenvalue weighted by Crippen LogP contribution is -2.35. The molecular formula is C21H25NO6S. The van der Waals surface area contributed by atoms with Crippen molar-refractivity contribution in [2.24, 2.45) is 0 Å². The summed E-state index contributed by atoms with van der Waals surface area (Å²) in [7, 11) is -2.52. The number of benzene rings is 2. The van der Waals surface area contributed by atoms with E-state index >= 15 is 0 Å². The lowest BCUT2D eigenvalue weighted by molar-refractivity contribution is -0.131. The van der Waals surface area contributed by atoms with Crippen LogP contribution in [0.2, 0.25) is 0 Å². The number of ether oxygens (including phenoxy) is 2. The van der Waals surface area contributed by atoms with Crippen LogP contribution in [0.1, 0.15) is 25.3 Å². The maximum atomic E-state index is 12.7. The molecule has 0 unspecified atom stereocenters. The summed E-state index contributed by atoms with van der Waals surface area (Å²) < 4.78 is 41.5. The van der Waals surface area contributed by atoms with E-state index in [9.17, 15) is 13.2 Å². The molecule has 1 aliphatic heterocycles. The smallest absolute Gasteiger partial charge is 0.339 e. The molecule has 0 saturated carbocycles. The van der Waals surface area contributed by atoms with Gasteiger partial charge >= 0.3 is 10.1 Å². The normalized spacial score (nSPS) is 16.4. The van der Waals surface area contributed by atoms with E-state index in [2.05, 4.69) is 0 Å². The third-order valence-corrected chi connectivity index (χ3v) is 6.02. The zero-order chi connectivity index (χ0) is 20.9. The minimum Gasteiger partial charge on any atom is -0.497 e.